The summed E-state index contributed by atoms with van der Waals surface area (Å²) in [5, 5.41) is 0. The highest BCUT2D eigenvalue weighted by Gasteiger charge is 2.53. The molecule has 0 spiro atoms. The summed E-state index contributed by atoms with van der Waals surface area (Å²) >= 11 is 0. The zero-order chi connectivity index (χ0) is 18.8. The lowest BCUT2D eigenvalue weighted by Gasteiger charge is -2.30. The third-order valence-corrected chi connectivity index (χ3v) is 10.1. The molecule has 0 N–H and O–H groups in total. The molecule has 0 radical (unpaired) electrons. The highest BCUT2D eigenvalue weighted by atomic mass is 32.3. The van der Waals surface area contributed by atoms with E-state index in [0.29, 0.717) is 0 Å². The van der Waals surface area contributed by atoms with Crippen molar-refractivity contribution in [1.82, 2.24) is 0 Å². The van der Waals surface area contributed by atoms with Crippen LogP contribution in [0.2, 0.25) is 0 Å². The van der Waals surface area contributed by atoms with E-state index in [-0.39, 0.29) is 15.4 Å². The summed E-state index contributed by atoms with van der Waals surface area (Å²) in [4.78, 5) is -0.0725. The van der Waals surface area contributed by atoms with Crippen LogP contribution in [0.4, 0.5) is 0 Å². The molecule has 134 valence electrons. The van der Waals surface area contributed by atoms with E-state index in [1.807, 2.05) is 0 Å². The SMILES string of the molecule is CC(c1ccccc1)(S(=O)(=O)c1ccccc1)S(=O)(=O)c1ccccc1. The molecule has 3 aromatic rings. The maximum atomic E-state index is 13.5. The predicted molar refractivity (Wildman–Crippen MR) is 101 cm³/mol. The van der Waals surface area contributed by atoms with Crippen molar-refractivity contribution in [1.29, 1.82) is 0 Å². The lowest BCUT2D eigenvalue weighted by molar-refractivity contribution is 0.552. The Kier molecular flexibility index (Phi) is 4.73. The van der Waals surface area contributed by atoms with Crippen LogP contribution >= 0.6 is 0 Å². The van der Waals surface area contributed by atoms with Gasteiger partial charge in [-0.15, -0.1) is 0 Å². The summed E-state index contributed by atoms with van der Waals surface area (Å²) in [6.07, 6.45) is 0. The van der Waals surface area contributed by atoms with E-state index in [1.165, 1.54) is 43.3 Å². The van der Waals surface area contributed by atoms with Gasteiger partial charge in [0.25, 0.3) is 0 Å². The highest BCUT2D eigenvalue weighted by Crippen LogP contribution is 2.43. The highest BCUT2D eigenvalue weighted by molar-refractivity contribution is 8.09. The molecule has 0 amide bonds. The molecule has 6 heteroatoms. The van der Waals surface area contributed by atoms with Crippen molar-refractivity contribution in [2.24, 2.45) is 0 Å². The summed E-state index contributed by atoms with van der Waals surface area (Å²) in [5.41, 5.74) is 0.202. The van der Waals surface area contributed by atoms with Crippen LogP contribution in [0.25, 0.3) is 0 Å². The molecule has 0 unspecified atom stereocenters. The summed E-state index contributed by atoms with van der Waals surface area (Å²) in [6.45, 7) is 1.26. The van der Waals surface area contributed by atoms with Crippen molar-refractivity contribution in [2.75, 3.05) is 0 Å². The van der Waals surface area contributed by atoms with Crippen LogP contribution < -0.4 is 0 Å². The lowest BCUT2D eigenvalue weighted by Crippen LogP contribution is -2.41. The molecule has 3 rings (SSSR count). The van der Waals surface area contributed by atoms with Crippen LogP contribution in [0.1, 0.15) is 12.5 Å². The molecule has 0 bridgehead atoms. The number of rotatable bonds is 5. The van der Waals surface area contributed by atoms with Crippen LogP contribution in [0, 0.1) is 0 Å². The Hall–Kier alpha value is -2.44. The molecule has 26 heavy (non-hydrogen) atoms. The molecule has 0 saturated heterocycles. The zero-order valence-electron chi connectivity index (χ0n) is 14.1. The van der Waals surface area contributed by atoms with Gasteiger partial charge in [0.15, 0.2) is 0 Å². The van der Waals surface area contributed by atoms with Crippen LogP contribution in [0.15, 0.2) is 101 Å². The van der Waals surface area contributed by atoms with Crippen molar-refractivity contribution in [3.63, 3.8) is 0 Å². The van der Waals surface area contributed by atoms with Crippen LogP contribution in [0.5, 0.6) is 0 Å². The summed E-state index contributed by atoms with van der Waals surface area (Å²) in [7, 11) is -8.49. The average Bonchev–Trinajstić information content (AvgIpc) is 2.69. The van der Waals surface area contributed by atoms with Crippen LogP contribution in [0.3, 0.4) is 0 Å². The standard InChI is InChI=1S/C20H18O4S2/c1-20(17-11-5-2-6-12-17,25(21,22)18-13-7-3-8-14-18)26(23,24)19-15-9-4-10-16-19/h2-16H,1H3. The third kappa shape index (κ3) is 2.75. The Morgan fingerprint density at radius 1 is 0.538 bits per heavy atom. The van der Waals surface area contributed by atoms with Gasteiger partial charge in [-0.2, -0.15) is 0 Å². The van der Waals surface area contributed by atoms with Crippen molar-refractivity contribution in [3.05, 3.63) is 96.6 Å². The molecule has 0 heterocycles. The van der Waals surface area contributed by atoms with E-state index in [2.05, 4.69) is 0 Å². The smallest absolute Gasteiger partial charge is 0.204 e. The number of sulfone groups is 2. The minimum atomic E-state index is -4.25. The van der Waals surface area contributed by atoms with Gasteiger partial charge < -0.3 is 0 Å². The fraction of sp³-hybridized carbons (Fsp3) is 0.100. The van der Waals surface area contributed by atoms with Gasteiger partial charge >= 0.3 is 0 Å². The van der Waals surface area contributed by atoms with E-state index >= 15 is 0 Å². The molecule has 0 saturated carbocycles. The fourth-order valence-corrected chi connectivity index (χ4v) is 7.40. The van der Waals surface area contributed by atoms with Gasteiger partial charge in [-0.3, -0.25) is 0 Å². The number of hydrogen-bond donors (Lipinski definition) is 0. The van der Waals surface area contributed by atoms with Crippen molar-refractivity contribution in [2.45, 2.75) is 20.8 Å². The Morgan fingerprint density at radius 2 is 0.846 bits per heavy atom. The van der Waals surface area contributed by atoms with Gasteiger partial charge in [-0.25, -0.2) is 16.8 Å². The molecule has 0 aromatic heterocycles. The van der Waals surface area contributed by atoms with Crippen LogP contribution in [-0.2, 0) is 23.8 Å². The Bertz CT molecular complexity index is 1020. The van der Waals surface area contributed by atoms with E-state index < -0.39 is 23.8 Å². The van der Waals surface area contributed by atoms with Gasteiger partial charge in [0, 0.05) is 0 Å². The normalized spacial score (nSPS) is 12.7. The average molecular weight is 386 g/mol. The molecule has 3 aromatic carbocycles. The second-order valence-electron chi connectivity index (χ2n) is 5.94. The Labute approximate surface area is 154 Å². The molecule has 0 atom stereocenters. The molecular formula is C20H18O4S2. The first-order valence-corrected chi connectivity index (χ1v) is 10.9. The fourth-order valence-electron chi connectivity index (χ4n) is 2.84. The predicted octanol–water partition coefficient (Wildman–Crippen LogP) is 3.81. The Morgan fingerprint density at radius 3 is 1.19 bits per heavy atom. The monoisotopic (exact) mass is 386 g/mol. The minimum Gasteiger partial charge on any atom is -0.222 e. The second kappa shape index (κ2) is 6.70. The quantitative estimate of drug-likeness (QED) is 0.669. The zero-order valence-corrected chi connectivity index (χ0v) is 15.7. The first-order chi connectivity index (χ1) is 12.3. The lowest BCUT2D eigenvalue weighted by atomic mass is 10.2. The maximum absolute atomic E-state index is 13.5. The third-order valence-electron chi connectivity index (χ3n) is 4.43. The molecule has 0 fully saturated rings. The minimum absolute atomic E-state index is 0.0362. The first kappa shape index (κ1) is 18.4. The largest absolute Gasteiger partial charge is 0.222 e. The van der Waals surface area contributed by atoms with Crippen molar-refractivity contribution in [3.8, 4) is 0 Å². The van der Waals surface area contributed by atoms with E-state index in [9.17, 15) is 16.8 Å². The maximum Gasteiger partial charge on any atom is 0.204 e. The van der Waals surface area contributed by atoms with E-state index in [0.717, 1.165) is 0 Å². The summed E-state index contributed by atoms with van der Waals surface area (Å²) < 4.78 is 51.8. The van der Waals surface area contributed by atoms with Crippen molar-refractivity contribution < 1.29 is 16.8 Å². The molecule has 0 aliphatic heterocycles. The first-order valence-electron chi connectivity index (χ1n) is 7.97. The molecular weight excluding hydrogens is 368 g/mol. The van der Waals surface area contributed by atoms with E-state index in [1.54, 1.807) is 54.6 Å². The second-order valence-corrected chi connectivity index (χ2v) is 10.8. The Balaban J connectivity index is 2.36. The number of benzene rings is 3. The van der Waals surface area contributed by atoms with Gasteiger partial charge in [0.05, 0.1) is 9.79 Å². The van der Waals surface area contributed by atoms with Gasteiger partial charge in [-0.05, 0) is 36.8 Å². The molecule has 0 aliphatic rings. The summed E-state index contributed by atoms with van der Waals surface area (Å²) in [5.74, 6) is 0. The molecule has 0 aliphatic carbocycles. The van der Waals surface area contributed by atoms with Crippen molar-refractivity contribution >= 4 is 19.7 Å². The molecule has 4 nitrogen and oxygen atoms in total. The topological polar surface area (TPSA) is 68.3 Å². The van der Waals surface area contributed by atoms with Gasteiger partial charge in [0.1, 0.15) is 0 Å². The summed E-state index contributed by atoms with van der Waals surface area (Å²) in [6, 6.07) is 23.4. The van der Waals surface area contributed by atoms with Crippen LogP contribution in [-0.4, -0.2) is 16.8 Å². The van der Waals surface area contributed by atoms with E-state index in [4.69, 9.17) is 0 Å². The number of hydrogen-bond acceptors (Lipinski definition) is 4. The van der Waals surface area contributed by atoms with Gasteiger partial charge in [-0.1, -0.05) is 66.7 Å². The van der Waals surface area contributed by atoms with Gasteiger partial charge in [0.2, 0.25) is 23.8 Å².